The third kappa shape index (κ3) is 3.52. The third-order valence-corrected chi connectivity index (χ3v) is 6.68. The lowest BCUT2D eigenvalue weighted by molar-refractivity contribution is 0.242. The number of benzene rings is 1. The molecule has 128 valence electrons. The van der Waals surface area contributed by atoms with E-state index in [9.17, 15) is 0 Å². The Bertz CT molecular complexity index is 697. The molecule has 2 aromatic rings. The number of aromatic nitrogens is 1. The van der Waals surface area contributed by atoms with Gasteiger partial charge in [0.1, 0.15) is 5.01 Å². The van der Waals surface area contributed by atoms with Crippen molar-refractivity contribution in [1.82, 2.24) is 15.6 Å². The van der Waals surface area contributed by atoms with Crippen molar-refractivity contribution in [2.24, 2.45) is 11.8 Å². The van der Waals surface area contributed by atoms with Crippen molar-refractivity contribution in [2.45, 2.75) is 38.8 Å². The fraction of sp³-hybridized carbons (Fsp3) is 0.526. The van der Waals surface area contributed by atoms with E-state index in [1.807, 2.05) is 12.1 Å². The molecule has 24 heavy (non-hydrogen) atoms. The molecule has 4 rings (SSSR count). The van der Waals surface area contributed by atoms with Gasteiger partial charge in [-0.05, 0) is 63.2 Å². The van der Waals surface area contributed by atoms with Crippen molar-refractivity contribution in [2.75, 3.05) is 13.1 Å². The largest absolute Gasteiger partial charge is 0.316 e. The highest BCUT2D eigenvalue weighted by molar-refractivity contribution is 7.12. The monoisotopic (exact) mass is 361 g/mol. The number of hydrogen-bond acceptors (Lipinski definition) is 4. The van der Waals surface area contributed by atoms with Crippen LogP contribution >= 0.6 is 22.9 Å². The molecular weight excluding hydrogens is 338 g/mol. The maximum atomic E-state index is 5.99. The van der Waals surface area contributed by atoms with E-state index in [4.69, 9.17) is 16.6 Å². The Morgan fingerprint density at radius 2 is 2.00 bits per heavy atom. The summed E-state index contributed by atoms with van der Waals surface area (Å²) in [6.07, 6.45) is 3.98. The van der Waals surface area contributed by atoms with Crippen molar-refractivity contribution < 1.29 is 0 Å². The highest BCUT2D eigenvalue weighted by Gasteiger charge is 2.33. The van der Waals surface area contributed by atoms with Gasteiger partial charge in [0, 0.05) is 28.0 Å². The lowest BCUT2D eigenvalue weighted by Gasteiger charge is -2.31. The maximum Gasteiger partial charge on any atom is 0.107 e. The quantitative estimate of drug-likeness (QED) is 0.854. The molecule has 2 aliphatic rings. The average Bonchev–Trinajstić information content (AvgIpc) is 3.19. The molecule has 5 heteroatoms. The number of nitrogens with zero attached hydrogens (tertiary/aromatic N) is 1. The van der Waals surface area contributed by atoms with Crippen LogP contribution in [0.2, 0.25) is 5.02 Å². The molecule has 0 amide bonds. The van der Waals surface area contributed by atoms with Gasteiger partial charge in [-0.15, -0.1) is 11.3 Å². The SMILES string of the molecule is Cc1sc(CNC2CCC3CNCC3C2)nc1-c1ccc(Cl)cc1. The van der Waals surface area contributed by atoms with Gasteiger partial charge in [-0.2, -0.15) is 0 Å². The molecule has 1 saturated heterocycles. The number of aryl methyl sites for hydroxylation is 1. The van der Waals surface area contributed by atoms with E-state index < -0.39 is 0 Å². The molecule has 1 aromatic heterocycles. The minimum atomic E-state index is 0.648. The molecule has 1 saturated carbocycles. The summed E-state index contributed by atoms with van der Waals surface area (Å²) in [6.45, 7) is 5.47. The van der Waals surface area contributed by atoms with E-state index >= 15 is 0 Å². The van der Waals surface area contributed by atoms with Crippen molar-refractivity contribution in [3.8, 4) is 11.3 Å². The van der Waals surface area contributed by atoms with Gasteiger partial charge >= 0.3 is 0 Å². The fourth-order valence-electron chi connectivity index (χ4n) is 4.12. The van der Waals surface area contributed by atoms with E-state index in [0.717, 1.165) is 34.7 Å². The summed E-state index contributed by atoms with van der Waals surface area (Å²) < 4.78 is 0. The second-order valence-electron chi connectivity index (χ2n) is 7.09. The average molecular weight is 362 g/mol. The van der Waals surface area contributed by atoms with Gasteiger partial charge in [-0.3, -0.25) is 0 Å². The van der Waals surface area contributed by atoms with Gasteiger partial charge in [0.05, 0.1) is 5.69 Å². The fourth-order valence-corrected chi connectivity index (χ4v) is 5.15. The highest BCUT2D eigenvalue weighted by Crippen LogP contribution is 2.33. The zero-order valence-electron chi connectivity index (χ0n) is 14.0. The van der Waals surface area contributed by atoms with Crippen molar-refractivity contribution in [3.05, 3.63) is 39.2 Å². The van der Waals surface area contributed by atoms with Gasteiger partial charge in [0.15, 0.2) is 0 Å². The first-order valence-corrected chi connectivity index (χ1v) is 10.0. The molecule has 3 nitrogen and oxygen atoms in total. The van der Waals surface area contributed by atoms with E-state index in [2.05, 4.69) is 29.7 Å². The molecule has 0 spiro atoms. The minimum absolute atomic E-state index is 0.648. The van der Waals surface area contributed by atoms with Crippen molar-refractivity contribution in [3.63, 3.8) is 0 Å². The van der Waals surface area contributed by atoms with Gasteiger partial charge in [0.2, 0.25) is 0 Å². The van der Waals surface area contributed by atoms with Gasteiger partial charge < -0.3 is 10.6 Å². The van der Waals surface area contributed by atoms with E-state index in [-0.39, 0.29) is 0 Å². The first-order valence-electron chi connectivity index (χ1n) is 8.85. The van der Waals surface area contributed by atoms with Crippen LogP contribution in [-0.2, 0) is 6.54 Å². The first kappa shape index (κ1) is 16.5. The maximum absolute atomic E-state index is 5.99. The Morgan fingerprint density at radius 1 is 1.21 bits per heavy atom. The van der Waals surface area contributed by atoms with Crippen LogP contribution in [-0.4, -0.2) is 24.1 Å². The molecule has 1 aliphatic heterocycles. The standard InChI is InChI=1S/C19H24ClN3S/c1-12-19(13-2-5-16(20)6-3-13)23-18(24-12)11-22-17-7-4-14-9-21-10-15(14)8-17/h2-3,5-6,14-15,17,21-22H,4,7-11H2,1H3. The van der Waals surface area contributed by atoms with Crippen LogP contribution in [0.1, 0.15) is 29.1 Å². The predicted octanol–water partition coefficient (Wildman–Crippen LogP) is 4.25. The summed E-state index contributed by atoms with van der Waals surface area (Å²) in [6, 6.07) is 8.62. The molecule has 1 aliphatic carbocycles. The first-order chi connectivity index (χ1) is 11.7. The topological polar surface area (TPSA) is 37.0 Å². The summed E-state index contributed by atoms with van der Waals surface area (Å²) in [5.41, 5.74) is 2.24. The second kappa shape index (κ2) is 7.12. The Balaban J connectivity index is 1.39. The molecule has 2 N–H and O–H groups in total. The van der Waals surface area contributed by atoms with E-state index in [1.54, 1.807) is 11.3 Å². The summed E-state index contributed by atoms with van der Waals surface area (Å²) in [5.74, 6) is 1.79. The van der Waals surface area contributed by atoms with Gasteiger partial charge in [0.25, 0.3) is 0 Å². The Hall–Kier alpha value is -0.940. The van der Waals surface area contributed by atoms with Crippen LogP contribution in [0, 0.1) is 18.8 Å². The molecule has 3 unspecified atom stereocenters. The third-order valence-electron chi connectivity index (χ3n) is 5.45. The second-order valence-corrected chi connectivity index (χ2v) is 8.81. The smallest absolute Gasteiger partial charge is 0.107 e. The Morgan fingerprint density at radius 3 is 2.83 bits per heavy atom. The lowest BCUT2D eigenvalue weighted by atomic mass is 9.79. The Kier molecular flexibility index (Phi) is 4.90. The minimum Gasteiger partial charge on any atom is -0.316 e. The highest BCUT2D eigenvalue weighted by atomic mass is 35.5. The van der Waals surface area contributed by atoms with Crippen LogP contribution in [0.15, 0.2) is 24.3 Å². The number of halogens is 1. The molecule has 3 atom stereocenters. The number of thiazole rings is 1. The number of hydrogen-bond donors (Lipinski definition) is 2. The summed E-state index contributed by atoms with van der Waals surface area (Å²) >= 11 is 7.79. The zero-order valence-corrected chi connectivity index (χ0v) is 15.6. The van der Waals surface area contributed by atoms with Crippen molar-refractivity contribution in [1.29, 1.82) is 0 Å². The van der Waals surface area contributed by atoms with Gasteiger partial charge in [-0.25, -0.2) is 4.98 Å². The lowest BCUT2D eigenvalue weighted by Crippen LogP contribution is -2.36. The van der Waals surface area contributed by atoms with E-state index in [0.29, 0.717) is 6.04 Å². The predicted molar refractivity (Wildman–Crippen MR) is 102 cm³/mol. The Labute approximate surface area is 152 Å². The summed E-state index contributed by atoms with van der Waals surface area (Å²) in [7, 11) is 0. The molecule has 2 heterocycles. The van der Waals surface area contributed by atoms with E-state index in [1.165, 1.54) is 42.2 Å². The normalized spacial score (nSPS) is 26.5. The number of rotatable bonds is 4. The van der Waals surface area contributed by atoms with Crippen LogP contribution in [0.5, 0.6) is 0 Å². The molecule has 1 aromatic carbocycles. The van der Waals surface area contributed by atoms with Crippen LogP contribution < -0.4 is 10.6 Å². The van der Waals surface area contributed by atoms with Crippen LogP contribution in [0.4, 0.5) is 0 Å². The zero-order chi connectivity index (χ0) is 16.5. The summed E-state index contributed by atoms with van der Waals surface area (Å²) in [5, 5.41) is 9.25. The molecular formula is C19H24ClN3S. The summed E-state index contributed by atoms with van der Waals surface area (Å²) in [4.78, 5) is 6.14. The van der Waals surface area contributed by atoms with Gasteiger partial charge in [-0.1, -0.05) is 23.7 Å². The van der Waals surface area contributed by atoms with Crippen LogP contribution in [0.25, 0.3) is 11.3 Å². The van der Waals surface area contributed by atoms with Crippen molar-refractivity contribution >= 4 is 22.9 Å². The number of nitrogens with one attached hydrogen (secondary N) is 2. The molecule has 0 bridgehead atoms. The number of fused-ring (bicyclic) bond motifs is 1. The molecule has 2 fully saturated rings. The molecule has 0 radical (unpaired) electrons. The van der Waals surface area contributed by atoms with Crippen LogP contribution in [0.3, 0.4) is 0 Å².